The molecule has 2 aromatic carbocycles. The highest BCUT2D eigenvalue weighted by Crippen LogP contribution is 2.41. The Bertz CT molecular complexity index is 1210. The molecule has 0 spiro atoms. The molecule has 160 valence electrons. The third-order valence-electron chi connectivity index (χ3n) is 5.82. The molecular formula is C26H24N4OS. The Labute approximate surface area is 193 Å². The number of thiocarbonyl (C=S) groups is 1. The molecule has 2 atom stereocenters. The fourth-order valence-corrected chi connectivity index (χ4v) is 4.67. The summed E-state index contributed by atoms with van der Waals surface area (Å²) in [6, 6.07) is 28.6. The van der Waals surface area contributed by atoms with E-state index in [2.05, 4.69) is 74.5 Å². The predicted octanol–water partition coefficient (Wildman–Crippen LogP) is 5.05. The third kappa shape index (κ3) is 3.74. The molecule has 0 saturated carbocycles. The van der Waals surface area contributed by atoms with E-state index in [0.717, 1.165) is 27.9 Å². The van der Waals surface area contributed by atoms with E-state index in [9.17, 15) is 0 Å². The molecule has 5 rings (SSSR count). The number of para-hydroxylation sites is 2. The second kappa shape index (κ2) is 8.85. The summed E-state index contributed by atoms with van der Waals surface area (Å²) in [6.45, 7) is 0.706. The van der Waals surface area contributed by atoms with Gasteiger partial charge in [0.1, 0.15) is 5.75 Å². The van der Waals surface area contributed by atoms with Gasteiger partial charge in [-0.3, -0.25) is 4.98 Å². The lowest BCUT2D eigenvalue weighted by Gasteiger charge is -2.29. The van der Waals surface area contributed by atoms with Crippen LogP contribution in [-0.2, 0) is 6.54 Å². The van der Waals surface area contributed by atoms with Gasteiger partial charge in [0, 0.05) is 24.6 Å². The highest BCUT2D eigenvalue weighted by Gasteiger charge is 2.41. The van der Waals surface area contributed by atoms with Crippen LogP contribution in [0.3, 0.4) is 0 Å². The van der Waals surface area contributed by atoms with E-state index >= 15 is 0 Å². The van der Waals surface area contributed by atoms with Crippen molar-refractivity contribution in [2.24, 2.45) is 0 Å². The van der Waals surface area contributed by atoms with Gasteiger partial charge < -0.3 is 19.5 Å². The molecule has 3 heterocycles. The molecular weight excluding hydrogens is 416 g/mol. The number of rotatable bonds is 6. The molecule has 0 unspecified atom stereocenters. The summed E-state index contributed by atoms with van der Waals surface area (Å²) in [6.07, 6.45) is 3.90. The van der Waals surface area contributed by atoms with E-state index in [4.69, 9.17) is 17.0 Å². The Hall–Kier alpha value is -3.64. The quantitative estimate of drug-likeness (QED) is 0.425. The Morgan fingerprint density at radius 3 is 2.50 bits per heavy atom. The molecule has 0 amide bonds. The number of hydrogen-bond donors (Lipinski definition) is 1. The first-order chi connectivity index (χ1) is 15.8. The zero-order valence-electron chi connectivity index (χ0n) is 17.8. The van der Waals surface area contributed by atoms with E-state index in [-0.39, 0.29) is 12.1 Å². The van der Waals surface area contributed by atoms with Crippen LogP contribution in [0, 0.1) is 0 Å². The zero-order chi connectivity index (χ0) is 21.9. The lowest BCUT2D eigenvalue weighted by atomic mass is 10.0. The second-order valence-corrected chi connectivity index (χ2v) is 8.10. The van der Waals surface area contributed by atoms with Crippen molar-refractivity contribution < 1.29 is 4.74 Å². The minimum atomic E-state index is -0.0734. The van der Waals surface area contributed by atoms with Gasteiger partial charge in [0.25, 0.3) is 0 Å². The maximum atomic E-state index is 5.83. The average Bonchev–Trinajstić information content (AvgIpc) is 3.45. The number of benzene rings is 2. The van der Waals surface area contributed by atoms with Crippen LogP contribution in [0.15, 0.2) is 97.3 Å². The van der Waals surface area contributed by atoms with E-state index in [1.807, 2.05) is 42.6 Å². The van der Waals surface area contributed by atoms with E-state index in [1.165, 1.54) is 5.56 Å². The normalized spacial score (nSPS) is 17.9. The number of pyridine rings is 1. The first-order valence-electron chi connectivity index (χ1n) is 10.6. The summed E-state index contributed by atoms with van der Waals surface area (Å²) in [5.41, 5.74) is 4.28. The van der Waals surface area contributed by atoms with Crippen LogP contribution in [0.25, 0.3) is 5.69 Å². The van der Waals surface area contributed by atoms with E-state index < -0.39 is 0 Å². The molecule has 0 bridgehead atoms. The van der Waals surface area contributed by atoms with Gasteiger partial charge in [-0.25, -0.2) is 0 Å². The first-order valence-corrected chi connectivity index (χ1v) is 11.0. The number of hydrogen-bond acceptors (Lipinski definition) is 3. The summed E-state index contributed by atoms with van der Waals surface area (Å²) >= 11 is 5.83. The minimum Gasteiger partial charge on any atom is -0.495 e. The lowest BCUT2D eigenvalue weighted by Crippen LogP contribution is -2.30. The lowest BCUT2D eigenvalue weighted by molar-refractivity contribution is 0.302. The largest absolute Gasteiger partial charge is 0.495 e. The molecule has 0 radical (unpaired) electrons. The van der Waals surface area contributed by atoms with Crippen LogP contribution >= 0.6 is 12.2 Å². The molecule has 1 fully saturated rings. The van der Waals surface area contributed by atoms with Crippen molar-refractivity contribution in [3.63, 3.8) is 0 Å². The fraction of sp³-hybridized carbons (Fsp3) is 0.154. The van der Waals surface area contributed by atoms with Crippen LogP contribution in [0.4, 0.5) is 0 Å². The van der Waals surface area contributed by atoms with E-state index in [1.54, 1.807) is 7.11 Å². The standard InChI is InChI=1S/C26H24N4OS/c1-31-23-15-6-5-13-21(23)29-17-9-14-22(29)25-24(20-12-7-8-16-27-20)28-26(32)30(25)18-19-10-3-2-4-11-19/h2-17,24-25H,18H2,1H3,(H,28,32)/t24-,25-/m0/s1. The Morgan fingerprint density at radius 1 is 0.938 bits per heavy atom. The van der Waals surface area contributed by atoms with Gasteiger partial charge in [-0.1, -0.05) is 48.5 Å². The smallest absolute Gasteiger partial charge is 0.170 e. The highest BCUT2D eigenvalue weighted by atomic mass is 32.1. The number of ether oxygens (including phenoxy) is 1. The summed E-state index contributed by atoms with van der Waals surface area (Å²) in [5, 5.41) is 4.26. The van der Waals surface area contributed by atoms with Gasteiger partial charge >= 0.3 is 0 Å². The summed E-state index contributed by atoms with van der Waals surface area (Å²) in [4.78, 5) is 6.91. The molecule has 0 aliphatic carbocycles. The van der Waals surface area contributed by atoms with Crippen molar-refractivity contribution in [2.45, 2.75) is 18.6 Å². The van der Waals surface area contributed by atoms with Crippen LogP contribution < -0.4 is 10.1 Å². The van der Waals surface area contributed by atoms with Gasteiger partial charge in [0.2, 0.25) is 0 Å². The number of nitrogens with one attached hydrogen (secondary N) is 1. The van der Waals surface area contributed by atoms with Crippen molar-refractivity contribution in [1.82, 2.24) is 19.8 Å². The fourth-order valence-electron chi connectivity index (χ4n) is 4.36. The SMILES string of the molecule is COc1ccccc1-n1cccc1[C@H]1[C@H](c2ccccn2)NC(=S)N1Cc1ccccc1. The predicted molar refractivity (Wildman–Crippen MR) is 130 cm³/mol. The van der Waals surface area contributed by atoms with Crippen molar-refractivity contribution in [1.29, 1.82) is 0 Å². The minimum absolute atomic E-state index is 0.0440. The van der Waals surface area contributed by atoms with Gasteiger partial charge in [-0.15, -0.1) is 0 Å². The molecule has 1 saturated heterocycles. The molecule has 4 aromatic rings. The topological polar surface area (TPSA) is 42.3 Å². The number of aromatic nitrogens is 2. The number of nitrogens with zero attached hydrogens (tertiary/aromatic N) is 3. The van der Waals surface area contributed by atoms with Crippen LogP contribution in [0.2, 0.25) is 0 Å². The number of methoxy groups -OCH3 is 1. The molecule has 1 aliphatic heterocycles. The van der Waals surface area contributed by atoms with Crippen molar-refractivity contribution in [2.75, 3.05) is 7.11 Å². The molecule has 32 heavy (non-hydrogen) atoms. The van der Waals surface area contributed by atoms with E-state index in [0.29, 0.717) is 6.54 Å². The average molecular weight is 441 g/mol. The van der Waals surface area contributed by atoms with Crippen molar-refractivity contribution in [3.8, 4) is 11.4 Å². The maximum absolute atomic E-state index is 5.83. The second-order valence-electron chi connectivity index (χ2n) is 7.72. The van der Waals surface area contributed by atoms with Gasteiger partial charge in [-0.2, -0.15) is 0 Å². The van der Waals surface area contributed by atoms with Crippen LogP contribution in [0.5, 0.6) is 5.75 Å². The van der Waals surface area contributed by atoms with Crippen LogP contribution in [-0.4, -0.2) is 26.7 Å². The Kier molecular flexibility index (Phi) is 5.60. The molecule has 6 heteroatoms. The van der Waals surface area contributed by atoms with Gasteiger partial charge in [0.05, 0.1) is 30.6 Å². The molecule has 5 nitrogen and oxygen atoms in total. The Morgan fingerprint density at radius 2 is 1.72 bits per heavy atom. The molecule has 1 N–H and O–H groups in total. The van der Waals surface area contributed by atoms with Gasteiger partial charge in [-0.05, 0) is 54.2 Å². The summed E-state index contributed by atoms with van der Waals surface area (Å²) < 4.78 is 7.84. The molecule has 1 aliphatic rings. The third-order valence-corrected chi connectivity index (χ3v) is 6.17. The van der Waals surface area contributed by atoms with Crippen molar-refractivity contribution in [3.05, 3.63) is 114 Å². The van der Waals surface area contributed by atoms with Gasteiger partial charge in [0.15, 0.2) is 5.11 Å². The monoisotopic (exact) mass is 440 g/mol. The zero-order valence-corrected chi connectivity index (χ0v) is 18.6. The highest BCUT2D eigenvalue weighted by molar-refractivity contribution is 7.80. The first kappa shape index (κ1) is 20.3. The molecule has 2 aromatic heterocycles. The van der Waals surface area contributed by atoms with Crippen molar-refractivity contribution >= 4 is 17.3 Å². The van der Waals surface area contributed by atoms with Crippen LogP contribution in [0.1, 0.15) is 29.0 Å². The maximum Gasteiger partial charge on any atom is 0.170 e. The summed E-state index contributed by atoms with van der Waals surface area (Å²) in [5.74, 6) is 0.822. The summed E-state index contributed by atoms with van der Waals surface area (Å²) in [7, 11) is 1.70. The Balaban J connectivity index is 1.62.